The SMILES string of the molecule is Cc1cnc(CNc2ccc(C(N)=S)c(C)c2)s1. The minimum Gasteiger partial charge on any atom is -0.389 e. The highest BCUT2D eigenvalue weighted by molar-refractivity contribution is 7.80. The van der Waals surface area contributed by atoms with E-state index in [2.05, 4.69) is 23.3 Å². The Morgan fingerprint density at radius 2 is 2.22 bits per heavy atom. The van der Waals surface area contributed by atoms with Crippen LogP contribution in [0.4, 0.5) is 5.69 Å². The van der Waals surface area contributed by atoms with Crippen LogP contribution in [-0.2, 0) is 6.54 Å². The number of aromatic nitrogens is 1. The van der Waals surface area contributed by atoms with Crippen LogP contribution in [0.1, 0.15) is 21.0 Å². The highest BCUT2D eigenvalue weighted by Crippen LogP contribution is 2.17. The van der Waals surface area contributed by atoms with Crippen LogP contribution in [0.3, 0.4) is 0 Å². The molecule has 94 valence electrons. The molecule has 0 bridgehead atoms. The molecule has 0 fully saturated rings. The van der Waals surface area contributed by atoms with Crippen LogP contribution < -0.4 is 11.1 Å². The van der Waals surface area contributed by atoms with Gasteiger partial charge in [0.25, 0.3) is 0 Å². The van der Waals surface area contributed by atoms with E-state index in [0.29, 0.717) is 4.99 Å². The number of benzene rings is 1. The molecule has 2 aromatic rings. The van der Waals surface area contributed by atoms with E-state index in [1.54, 1.807) is 11.3 Å². The van der Waals surface area contributed by atoms with Crippen molar-refractivity contribution in [1.82, 2.24) is 4.98 Å². The fraction of sp³-hybridized carbons (Fsp3) is 0.231. The first kappa shape index (κ1) is 13.0. The molecule has 0 radical (unpaired) electrons. The van der Waals surface area contributed by atoms with Crippen molar-refractivity contribution in [3.63, 3.8) is 0 Å². The molecule has 3 nitrogen and oxygen atoms in total. The van der Waals surface area contributed by atoms with Crippen LogP contribution in [0.15, 0.2) is 24.4 Å². The van der Waals surface area contributed by atoms with E-state index in [0.717, 1.165) is 28.4 Å². The van der Waals surface area contributed by atoms with Crippen LogP contribution >= 0.6 is 23.6 Å². The molecular formula is C13H15N3S2. The molecule has 1 aromatic heterocycles. The molecule has 1 heterocycles. The van der Waals surface area contributed by atoms with Gasteiger partial charge in [-0.3, -0.25) is 0 Å². The van der Waals surface area contributed by atoms with Crippen molar-refractivity contribution < 1.29 is 0 Å². The third-order valence-electron chi connectivity index (χ3n) is 2.60. The Morgan fingerprint density at radius 1 is 1.44 bits per heavy atom. The van der Waals surface area contributed by atoms with Gasteiger partial charge in [0.1, 0.15) is 10.00 Å². The molecule has 0 saturated carbocycles. The predicted molar refractivity (Wildman–Crippen MR) is 81.2 cm³/mol. The van der Waals surface area contributed by atoms with Crippen molar-refractivity contribution in [2.75, 3.05) is 5.32 Å². The molecule has 0 atom stereocenters. The van der Waals surface area contributed by atoms with Gasteiger partial charge in [-0.05, 0) is 37.6 Å². The number of nitrogens with one attached hydrogen (secondary N) is 1. The quantitative estimate of drug-likeness (QED) is 0.844. The summed E-state index contributed by atoms with van der Waals surface area (Å²) in [6.45, 7) is 4.81. The molecule has 0 amide bonds. The Bertz CT molecular complexity index is 575. The van der Waals surface area contributed by atoms with E-state index in [1.165, 1.54) is 4.88 Å². The first-order valence-corrected chi connectivity index (χ1v) is 6.84. The van der Waals surface area contributed by atoms with Crippen LogP contribution in [0.25, 0.3) is 0 Å². The lowest BCUT2D eigenvalue weighted by molar-refractivity contribution is 1.10. The maximum absolute atomic E-state index is 5.64. The van der Waals surface area contributed by atoms with Gasteiger partial charge in [-0.15, -0.1) is 11.3 Å². The summed E-state index contributed by atoms with van der Waals surface area (Å²) in [4.78, 5) is 5.98. The molecule has 5 heteroatoms. The average molecular weight is 277 g/mol. The number of rotatable bonds is 4. The van der Waals surface area contributed by atoms with E-state index in [1.807, 2.05) is 25.3 Å². The summed E-state index contributed by atoms with van der Waals surface area (Å²) in [7, 11) is 0. The average Bonchev–Trinajstić information content (AvgIpc) is 2.72. The normalized spacial score (nSPS) is 10.3. The zero-order valence-corrected chi connectivity index (χ0v) is 12.0. The lowest BCUT2D eigenvalue weighted by atomic mass is 10.1. The van der Waals surface area contributed by atoms with Gasteiger partial charge in [-0.1, -0.05) is 12.2 Å². The number of aryl methyl sites for hydroxylation is 2. The molecule has 0 saturated heterocycles. The summed E-state index contributed by atoms with van der Waals surface area (Å²) < 4.78 is 0. The van der Waals surface area contributed by atoms with Crippen LogP contribution in [0, 0.1) is 13.8 Å². The Morgan fingerprint density at radius 3 is 2.78 bits per heavy atom. The van der Waals surface area contributed by atoms with Gasteiger partial charge in [0, 0.05) is 22.3 Å². The molecule has 3 N–H and O–H groups in total. The van der Waals surface area contributed by atoms with Gasteiger partial charge >= 0.3 is 0 Å². The Kier molecular flexibility index (Phi) is 3.93. The topological polar surface area (TPSA) is 50.9 Å². The van der Waals surface area contributed by atoms with Crippen LogP contribution in [0.5, 0.6) is 0 Å². The van der Waals surface area contributed by atoms with E-state index in [9.17, 15) is 0 Å². The highest BCUT2D eigenvalue weighted by Gasteiger charge is 2.03. The van der Waals surface area contributed by atoms with E-state index >= 15 is 0 Å². The summed E-state index contributed by atoms with van der Waals surface area (Å²) in [5, 5.41) is 4.43. The van der Waals surface area contributed by atoms with Crippen molar-refractivity contribution in [3.8, 4) is 0 Å². The monoisotopic (exact) mass is 277 g/mol. The molecular weight excluding hydrogens is 262 g/mol. The van der Waals surface area contributed by atoms with Crippen molar-refractivity contribution in [2.24, 2.45) is 5.73 Å². The maximum Gasteiger partial charge on any atom is 0.112 e. The standard InChI is InChI=1S/C13H15N3S2/c1-8-5-10(3-4-11(8)13(14)17)15-7-12-16-6-9(2)18-12/h3-6,15H,7H2,1-2H3,(H2,14,17). The first-order chi connectivity index (χ1) is 8.56. The Balaban J connectivity index is 2.06. The van der Waals surface area contributed by atoms with Gasteiger partial charge < -0.3 is 11.1 Å². The fourth-order valence-corrected chi connectivity index (χ4v) is 2.67. The van der Waals surface area contributed by atoms with Gasteiger partial charge in [-0.25, -0.2) is 4.98 Å². The minimum atomic E-state index is 0.439. The number of nitrogens with two attached hydrogens (primary N) is 1. The third kappa shape index (κ3) is 3.05. The summed E-state index contributed by atoms with van der Waals surface area (Å²) in [6, 6.07) is 5.99. The van der Waals surface area contributed by atoms with E-state index in [-0.39, 0.29) is 0 Å². The van der Waals surface area contributed by atoms with E-state index in [4.69, 9.17) is 18.0 Å². The summed E-state index contributed by atoms with van der Waals surface area (Å²) in [5.41, 5.74) is 8.71. The molecule has 0 aliphatic carbocycles. The fourth-order valence-electron chi connectivity index (χ4n) is 1.71. The number of thiocarbonyl (C=S) groups is 1. The molecule has 18 heavy (non-hydrogen) atoms. The summed E-state index contributed by atoms with van der Waals surface area (Å²) in [6.07, 6.45) is 1.89. The van der Waals surface area contributed by atoms with Crippen molar-refractivity contribution in [2.45, 2.75) is 20.4 Å². The Hall–Kier alpha value is -1.46. The lowest BCUT2D eigenvalue weighted by Gasteiger charge is -2.08. The molecule has 0 spiro atoms. The Labute approximate surface area is 116 Å². The zero-order chi connectivity index (χ0) is 13.1. The van der Waals surface area contributed by atoms with Gasteiger partial charge in [0.15, 0.2) is 0 Å². The van der Waals surface area contributed by atoms with Crippen molar-refractivity contribution in [3.05, 3.63) is 45.4 Å². The van der Waals surface area contributed by atoms with Crippen molar-refractivity contribution >= 4 is 34.2 Å². The smallest absolute Gasteiger partial charge is 0.112 e. The number of hydrogen-bond donors (Lipinski definition) is 2. The number of hydrogen-bond acceptors (Lipinski definition) is 4. The minimum absolute atomic E-state index is 0.439. The molecule has 2 rings (SSSR count). The zero-order valence-electron chi connectivity index (χ0n) is 10.4. The number of nitrogens with zero attached hydrogens (tertiary/aromatic N) is 1. The molecule has 0 unspecified atom stereocenters. The second-order valence-corrected chi connectivity index (χ2v) is 5.87. The second kappa shape index (κ2) is 5.46. The van der Waals surface area contributed by atoms with Crippen LogP contribution in [0.2, 0.25) is 0 Å². The van der Waals surface area contributed by atoms with Crippen molar-refractivity contribution in [1.29, 1.82) is 0 Å². The van der Waals surface area contributed by atoms with Gasteiger partial charge in [0.05, 0.1) is 6.54 Å². The lowest BCUT2D eigenvalue weighted by Crippen LogP contribution is -2.11. The maximum atomic E-state index is 5.64. The van der Waals surface area contributed by atoms with Gasteiger partial charge in [0.2, 0.25) is 0 Å². The first-order valence-electron chi connectivity index (χ1n) is 5.62. The summed E-state index contributed by atoms with van der Waals surface area (Å²) in [5.74, 6) is 0. The summed E-state index contributed by atoms with van der Waals surface area (Å²) >= 11 is 6.69. The number of thiazole rings is 1. The van der Waals surface area contributed by atoms with E-state index < -0.39 is 0 Å². The van der Waals surface area contributed by atoms with Gasteiger partial charge in [-0.2, -0.15) is 0 Å². The predicted octanol–water partition coefficient (Wildman–Crippen LogP) is 3.01. The third-order valence-corrected chi connectivity index (χ3v) is 3.74. The molecule has 0 aliphatic rings. The largest absolute Gasteiger partial charge is 0.389 e. The second-order valence-electron chi connectivity index (χ2n) is 4.11. The molecule has 1 aromatic carbocycles. The highest BCUT2D eigenvalue weighted by atomic mass is 32.1. The number of anilines is 1. The van der Waals surface area contributed by atoms with Crippen LogP contribution in [-0.4, -0.2) is 9.97 Å². The molecule has 0 aliphatic heterocycles.